The zero-order valence-corrected chi connectivity index (χ0v) is 72.2. The number of hydrogen-bond acceptors (Lipinski definition) is 31. The zero-order chi connectivity index (χ0) is 93.5. The van der Waals surface area contributed by atoms with Gasteiger partial charge in [-0.25, -0.2) is 24.9 Å². The van der Waals surface area contributed by atoms with Gasteiger partial charge in [-0.15, -0.1) is 0 Å². The number of H-pyrrole nitrogens is 1. The molecule has 0 radical (unpaired) electrons. The molecule has 0 aliphatic rings. The van der Waals surface area contributed by atoms with Gasteiger partial charge in [0.1, 0.15) is 36.1 Å². The lowest BCUT2D eigenvalue weighted by molar-refractivity contribution is -0.135. The lowest BCUT2D eigenvalue weighted by Crippen LogP contribution is -2.44. The molecule has 36 heteroatoms. The minimum Gasteiger partial charge on any atom is -0.497 e. The lowest BCUT2D eigenvalue weighted by atomic mass is 9.89. The summed E-state index contributed by atoms with van der Waals surface area (Å²) in [4.78, 5) is 113. The van der Waals surface area contributed by atoms with Crippen molar-refractivity contribution in [1.82, 2.24) is 95.3 Å². The van der Waals surface area contributed by atoms with Gasteiger partial charge in [0.05, 0.1) is 114 Å². The summed E-state index contributed by atoms with van der Waals surface area (Å²) in [5, 5.41) is 69.7. The van der Waals surface area contributed by atoms with E-state index < -0.39 is 46.0 Å². The van der Waals surface area contributed by atoms with E-state index in [1.165, 1.54) is 83.2 Å². The third kappa shape index (κ3) is 18.1. The number of aromatic nitrogens is 19. The Morgan fingerprint density at radius 1 is 0.422 bits per heavy atom. The first-order valence-corrected chi connectivity index (χ1v) is 41.3. The van der Waals surface area contributed by atoms with E-state index in [1.807, 2.05) is 116 Å². The Balaban J connectivity index is 0.000000125. The molecule has 0 fully saturated rings. The third-order valence-corrected chi connectivity index (χ3v) is 21.8. The van der Waals surface area contributed by atoms with Crippen LogP contribution < -0.4 is 30.7 Å². The van der Waals surface area contributed by atoms with Crippen LogP contribution >= 0.6 is 0 Å². The predicted octanol–water partition coefficient (Wildman–Crippen LogP) is 14.0. The summed E-state index contributed by atoms with van der Waals surface area (Å²) in [6.07, 6.45) is 34.5. The Morgan fingerprint density at radius 3 is 1.61 bits per heavy atom. The molecule has 20 rings (SSSR count). The molecule has 0 aliphatic heterocycles. The van der Waals surface area contributed by atoms with Crippen LogP contribution in [0.15, 0.2) is 344 Å². The number of aryl methyl sites for hydroxylation is 1. The molecule has 4 amide bonds. The largest absolute Gasteiger partial charge is 0.497 e. The van der Waals surface area contributed by atoms with Gasteiger partial charge < -0.3 is 69.1 Å². The summed E-state index contributed by atoms with van der Waals surface area (Å²) in [6.45, 7) is 3.68. The van der Waals surface area contributed by atoms with E-state index in [1.54, 1.807) is 166 Å². The molecular formula is C99H77N23O13. The van der Waals surface area contributed by atoms with E-state index in [-0.39, 0.29) is 46.1 Å². The number of nitrogens with one attached hydrogen (secondary N) is 5. The van der Waals surface area contributed by atoms with E-state index in [2.05, 4.69) is 117 Å². The number of ether oxygens (including phenoxy) is 3. The number of hydrogen-bond donors (Lipinski definition) is 8. The van der Waals surface area contributed by atoms with E-state index in [4.69, 9.17) is 27.6 Å². The minimum atomic E-state index is -2.32. The molecule has 0 saturated carbocycles. The molecule has 4 atom stereocenters. The van der Waals surface area contributed by atoms with Gasteiger partial charge in [-0.2, -0.15) is 20.4 Å². The number of methoxy groups -OCH3 is 3. The number of fused-ring (bicyclic) bond motifs is 4. The number of carbonyl (C=O) groups excluding carboxylic acids is 4. The number of anilines is 4. The maximum Gasteiger partial charge on any atom is 0.272 e. The summed E-state index contributed by atoms with van der Waals surface area (Å²) in [5.41, 5.74) is 4.61. The Morgan fingerprint density at radius 2 is 1.00 bits per heavy atom. The van der Waals surface area contributed by atoms with Crippen molar-refractivity contribution in [3.63, 3.8) is 0 Å². The van der Waals surface area contributed by atoms with Gasteiger partial charge in [-0.3, -0.25) is 59.0 Å². The quantitative estimate of drug-likeness (QED) is 0.0295. The van der Waals surface area contributed by atoms with Gasteiger partial charge in [0.25, 0.3) is 34.8 Å². The van der Waals surface area contributed by atoms with E-state index >= 15 is 0 Å². The molecule has 0 saturated heterocycles. The molecule has 135 heavy (non-hydrogen) atoms. The highest BCUT2D eigenvalue weighted by Crippen LogP contribution is 2.40. The van der Waals surface area contributed by atoms with Crippen molar-refractivity contribution in [2.75, 3.05) is 42.6 Å². The van der Waals surface area contributed by atoms with Crippen LogP contribution in [0.3, 0.4) is 0 Å². The van der Waals surface area contributed by atoms with Crippen LogP contribution in [0, 0.1) is 13.8 Å². The first kappa shape index (κ1) is 88.8. The van der Waals surface area contributed by atoms with Crippen LogP contribution in [0.1, 0.15) is 56.9 Å². The number of rotatable bonds is 23. The Bertz CT molecular complexity index is 7400. The molecule has 16 heterocycles. The van der Waals surface area contributed by atoms with Gasteiger partial charge in [0.15, 0.2) is 5.82 Å². The molecule has 0 spiro atoms. The van der Waals surface area contributed by atoms with Crippen LogP contribution in [0.25, 0.3) is 88.2 Å². The number of amides is 4. The molecule has 16 aromatic heterocycles. The van der Waals surface area contributed by atoms with Gasteiger partial charge in [0, 0.05) is 165 Å². The first-order valence-electron chi connectivity index (χ1n) is 41.3. The highest BCUT2D eigenvalue weighted by atomic mass is 16.5. The van der Waals surface area contributed by atoms with Crippen molar-refractivity contribution in [2.24, 2.45) is 0 Å². The second-order valence-corrected chi connectivity index (χ2v) is 29.9. The molecular weight excluding hydrogens is 1720 g/mol. The number of aliphatic hydroxyl groups is 3. The predicted molar refractivity (Wildman–Crippen MR) is 494 cm³/mol. The smallest absolute Gasteiger partial charge is 0.272 e. The Kier molecular flexibility index (Phi) is 25.9. The average molecular weight is 1800 g/mol. The average Bonchev–Trinajstić information content (AvgIpc) is 1.55. The second-order valence-electron chi connectivity index (χ2n) is 29.9. The fourth-order valence-electron chi connectivity index (χ4n) is 15.1. The van der Waals surface area contributed by atoms with Gasteiger partial charge >= 0.3 is 0 Å². The number of benzene rings is 4. The van der Waals surface area contributed by atoms with Crippen LogP contribution in [0.5, 0.6) is 11.6 Å². The Labute approximate surface area is 766 Å². The first-order chi connectivity index (χ1) is 65.9. The SMILES string of the molecule is CO[C@@](C(=O)Nc1cncc(-c2cnnc3ccccc23)c1C)(c1ccccc1)c1ncc[nH]1.COc1cccc([C@@](O)(C(=O)Nc2cccc(-c3cnnc4ccccc34)n2)c2ccon2)c1.COc1cccc([C@@](O)(C(=O)Nc2cncc(-c3cncc4cccnc34)c2)c2ncco2)n1.Cc1cccnc1[C@@](O)(C(=O)Nc1cncc(-c2cncc3cccnc23)c1)c1ncco1. The molecule has 0 aliphatic carbocycles. The monoisotopic (exact) mass is 1800 g/mol. The molecule has 4 aromatic carbocycles. The summed E-state index contributed by atoms with van der Waals surface area (Å²) in [7, 11) is 4.43. The fourth-order valence-corrected chi connectivity index (χ4v) is 15.1. The fraction of sp³-hybridized carbons (Fsp3) is 0.0909. The van der Waals surface area contributed by atoms with Crippen molar-refractivity contribution in [1.29, 1.82) is 0 Å². The van der Waals surface area contributed by atoms with Crippen LogP contribution in [-0.2, 0) is 46.3 Å². The summed E-state index contributed by atoms with van der Waals surface area (Å²) in [6, 6.07) is 56.9. The van der Waals surface area contributed by atoms with Gasteiger partial charge in [0.2, 0.25) is 28.9 Å². The lowest BCUT2D eigenvalue weighted by Gasteiger charge is -2.30. The number of oxazole rings is 2. The van der Waals surface area contributed by atoms with E-state index in [9.17, 15) is 34.5 Å². The van der Waals surface area contributed by atoms with Gasteiger partial charge in [-0.05, 0) is 110 Å². The highest BCUT2D eigenvalue weighted by Gasteiger charge is 2.50. The maximum absolute atomic E-state index is 13.8. The van der Waals surface area contributed by atoms with Crippen molar-refractivity contribution < 1.29 is 62.1 Å². The van der Waals surface area contributed by atoms with Crippen molar-refractivity contribution in [3.05, 3.63) is 388 Å². The van der Waals surface area contributed by atoms with Crippen molar-refractivity contribution in [2.45, 2.75) is 36.3 Å². The molecule has 20 aromatic rings. The summed E-state index contributed by atoms with van der Waals surface area (Å²) in [5.74, 6) is -1.86. The molecule has 36 nitrogen and oxygen atoms in total. The highest BCUT2D eigenvalue weighted by molar-refractivity contribution is 6.05. The molecule has 0 bridgehead atoms. The minimum absolute atomic E-state index is 0.0154. The second kappa shape index (κ2) is 39.4. The van der Waals surface area contributed by atoms with E-state index in [0.29, 0.717) is 56.6 Å². The standard InChI is InChI=1S/C26H22N6O2.C25H19N5O4.C24H18N6O4.C24H18N6O3/c1-17-20(21-15-30-32-22-11-7-6-10-19(21)22)14-27-16-23(17)31-25(33)26(34-2,24-28-12-13-29-24)18-8-4-3-5-9-18;1-33-17-7-4-6-16(14-17)25(32,22-12-13-34-30-22)24(31)28-23-11-5-10-20(27-23)19-15-26-29-21-9-3-2-8-18(19)21;1-33-20-6-2-5-19(30-20)24(32,23-28-8-9-34-23)22(31)29-17-10-16(12-25-13-17)18-14-26-11-15-4-3-7-27-21(15)18;1-15-4-2-7-28-21(15)24(32,23-29-8-9-33-23)22(31)30-18-10-17(12-25-13-18)19-14-26-11-16-5-3-6-27-20(16)19/h3-16H,1-2H3,(H,28,29)(H,31,33);2-15,32H,1H3,(H,27,28,31);2-14,32H,1H3,(H,29,31);2-14,32H,1H3,(H,30,31)/t26-;25-;2*24-/m0011/s1. The van der Waals surface area contributed by atoms with Crippen LogP contribution in [-0.4, -0.2) is 156 Å². The number of nitrogens with zero attached hydrogens (tertiary/aromatic N) is 18. The molecule has 666 valence electrons. The van der Waals surface area contributed by atoms with Crippen LogP contribution in [0.4, 0.5) is 22.9 Å². The number of aromatic amines is 1. The van der Waals surface area contributed by atoms with Crippen LogP contribution in [0.2, 0.25) is 0 Å². The normalized spacial score (nSPS) is 12.8. The Hall–Kier alpha value is -18.3. The maximum atomic E-state index is 13.8. The van der Waals surface area contributed by atoms with Crippen molar-refractivity contribution >= 4 is 90.1 Å². The van der Waals surface area contributed by atoms with Crippen molar-refractivity contribution in [3.8, 4) is 56.3 Å². The molecule has 0 unspecified atom stereocenters. The number of carbonyl (C=O) groups is 4. The summed E-state index contributed by atoms with van der Waals surface area (Å²) < 4.78 is 31.8. The van der Waals surface area contributed by atoms with Gasteiger partial charge in [-0.1, -0.05) is 102 Å². The number of imidazole rings is 1. The summed E-state index contributed by atoms with van der Waals surface area (Å²) >= 11 is 0. The van der Waals surface area contributed by atoms with E-state index in [0.717, 1.165) is 77.0 Å². The topological polar surface area (TPSA) is 492 Å². The number of pyridine rings is 10. The zero-order valence-electron chi connectivity index (χ0n) is 72.2. The molecule has 8 N–H and O–H groups in total. The third-order valence-electron chi connectivity index (χ3n) is 21.8.